The fourth-order valence-corrected chi connectivity index (χ4v) is 3.83. The van der Waals surface area contributed by atoms with Gasteiger partial charge in [-0.2, -0.15) is 5.26 Å². The van der Waals surface area contributed by atoms with Crippen LogP contribution in [0.4, 0.5) is 10.1 Å². The van der Waals surface area contributed by atoms with Crippen LogP contribution in [-0.2, 0) is 0 Å². The Labute approximate surface area is 176 Å². The minimum Gasteiger partial charge on any atom is -0.422 e. The molecular weight excluding hydrogens is 457 g/mol. The summed E-state index contributed by atoms with van der Waals surface area (Å²) in [6, 6.07) is 15.0. The molecule has 0 aliphatic heterocycles. The maximum atomic E-state index is 13.3. The molecule has 0 aliphatic carbocycles. The van der Waals surface area contributed by atoms with E-state index in [4.69, 9.17) is 4.42 Å². The van der Waals surface area contributed by atoms with Crippen LogP contribution in [0, 0.1) is 17.1 Å². The summed E-state index contributed by atoms with van der Waals surface area (Å²) in [5.74, 6) is -0.381. The SMILES string of the molecule is N#CC(=CNc1cccc(F)c1)c1nc(-c2cc3cc(Br)ccc3oc2=O)cs1. The van der Waals surface area contributed by atoms with Crippen molar-refractivity contribution in [2.75, 3.05) is 5.32 Å². The van der Waals surface area contributed by atoms with Gasteiger partial charge in [0.2, 0.25) is 0 Å². The van der Waals surface area contributed by atoms with Crippen LogP contribution in [0.5, 0.6) is 0 Å². The van der Waals surface area contributed by atoms with Crippen molar-refractivity contribution >= 4 is 49.5 Å². The first kappa shape index (κ1) is 19.1. The summed E-state index contributed by atoms with van der Waals surface area (Å²) in [7, 11) is 0. The number of nitriles is 1. The summed E-state index contributed by atoms with van der Waals surface area (Å²) in [6.07, 6.45) is 1.46. The van der Waals surface area contributed by atoms with E-state index in [2.05, 4.69) is 32.3 Å². The Kier molecular flexibility index (Phi) is 5.25. The number of nitrogens with one attached hydrogen (secondary N) is 1. The minimum atomic E-state index is -0.503. The summed E-state index contributed by atoms with van der Waals surface area (Å²) in [6.45, 7) is 0. The van der Waals surface area contributed by atoms with Crippen LogP contribution in [-0.4, -0.2) is 4.98 Å². The first-order valence-electron chi connectivity index (χ1n) is 8.35. The predicted octanol–water partition coefficient (Wildman–Crippen LogP) is 5.79. The molecule has 4 aromatic rings. The van der Waals surface area contributed by atoms with Crippen LogP contribution in [0.25, 0.3) is 27.8 Å². The van der Waals surface area contributed by atoms with Gasteiger partial charge in [-0.1, -0.05) is 22.0 Å². The van der Waals surface area contributed by atoms with E-state index in [-0.39, 0.29) is 11.4 Å². The zero-order valence-corrected chi connectivity index (χ0v) is 17.1. The van der Waals surface area contributed by atoms with Crippen molar-refractivity contribution < 1.29 is 8.81 Å². The third-order valence-corrected chi connectivity index (χ3v) is 5.40. The molecule has 0 fully saturated rings. The van der Waals surface area contributed by atoms with Gasteiger partial charge in [0.25, 0.3) is 0 Å². The molecule has 0 aliphatic rings. The molecule has 0 spiro atoms. The number of fused-ring (bicyclic) bond motifs is 1. The Morgan fingerprint density at radius 2 is 2.14 bits per heavy atom. The molecule has 0 saturated carbocycles. The van der Waals surface area contributed by atoms with Crippen LogP contribution in [0.1, 0.15) is 5.01 Å². The highest BCUT2D eigenvalue weighted by molar-refractivity contribution is 9.10. The molecule has 0 bridgehead atoms. The van der Waals surface area contributed by atoms with Gasteiger partial charge in [0, 0.05) is 27.1 Å². The van der Waals surface area contributed by atoms with Crippen LogP contribution in [0.2, 0.25) is 0 Å². The minimum absolute atomic E-state index is 0.262. The number of rotatable bonds is 4. The third kappa shape index (κ3) is 4.11. The highest BCUT2D eigenvalue weighted by atomic mass is 79.9. The summed E-state index contributed by atoms with van der Waals surface area (Å²) in [5, 5.41) is 15.2. The van der Waals surface area contributed by atoms with Gasteiger partial charge in [0.15, 0.2) is 0 Å². The average molecular weight is 468 g/mol. The van der Waals surface area contributed by atoms with Crippen LogP contribution in [0.3, 0.4) is 0 Å². The summed E-state index contributed by atoms with van der Waals surface area (Å²) in [5.41, 5.74) is 1.49. The topological polar surface area (TPSA) is 78.9 Å². The molecule has 0 saturated heterocycles. The Bertz CT molecular complexity index is 1350. The highest BCUT2D eigenvalue weighted by Crippen LogP contribution is 2.27. The van der Waals surface area contributed by atoms with E-state index >= 15 is 0 Å². The maximum absolute atomic E-state index is 13.3. The van der Waals surface area contributed by atoms with Crippen LogP contribution in [0.15, 0.2) is 73.8 Å². The van der Waals surface area contributed by atoms with E-state index in [0.29, 0.717) is 27.5 Å². The third-order valence-electron chi connectivity index (χ3n) is 4.03. The van der Waals surface area contributed by atoms with Gasteiger partial charge in [0.05, 0.1) is 11.3 Å². The van der Waals surface area contributed by atoms with Crippen molar-refractivity contribution in [2.45, 2.75) is 0 Å². The van der Waals surface area contributed by atoms with E-state index in [1.165, 1.54) is 29.7 Å². The summed E-state index contributed by atoms with van der Waals surface area (Å²) >= 11 is 4.62. The van der Waals surface area contributed by atoms with E-state index in [0.717, 1.165) is 9.86 Å². The lowest BCUT2D eigenvalue weighted by atomic mass is 10.1. The second kappa shape index (κ2) is 7.99. The van der Waals surface area contributed by atoms with E-state index in [1.54, 1.807) is 35.7 Å². The number of nitrogens with zero attached hydrogens (tertiary/aromatic N) is 2. The Morgan fingerprint density at radius 1 is 1.28 bits per heavy atom. The zero-order valence-electron chi connectivity index (χ0n) is 14.6. The smallest absolute Gasteiger partial charge is 0.345 e. The van der Waals surface area contributed by atoms with E-state index in [1.807, 2.05) is 6.07 Å². The number of anilines is 1. The molecule has 1 N–H and O–H groups in total. The second-order valence-corrected chi connectivity index (χ2v) is 7.77. The molecule has 0 amide bonds. The first-order chi connectivity index (χ1) is 14.0. The number of hydrogen-bond donors (Lipinski definition) is 1. The number of thiazole rings is 1. The van der Waals surface area contributed by atoms with E-state index in [9.17, 15) is 14.4 Å². The first-order valence-corrected chi connectivity index (χ1v) is 10.0. The molecule has 2 heterocycles. The quantitative estimate of drug-likeness (QED) is 0.303. The maximum Gasteiger partial charge on any atom is 0.345 e. The van der Waals surface area contributed by atoms with Gasteiger partial charge >= 0.3 is 5.63 Å². The largest absolute Gasteiger partial charge is 0.422 e. The van der Waals surface area contributed by atoms with Gasteiger partial charge in [-0.15, -0.1) is 11.3 Å². The Balaban J connectivity index is 1.67. The molecule has 2 aromatic carbocycles. The van der Waals surface area contributed by atoms with Crippen molar-refractivity contribution in [1.82, 2.24) is 4.98 Å². The van der Waals surface area contributed by atoms with Crippen molar-refractivity contribution in [3.05, 3.63) is 85.8 Å². The van der Waals surface area contributed by atoms with Crippen molar-refractivity contribution in [3.8, 4) is 17.3 Å². The van der Waals surface area contributed by atoms with Gasteiger partial charge in [-0.3, -0.25) is 0 Å². The monoisotopic (exact) mass is 467 g/mol. The fourth-order valence-electron chi connectivity index (χ4n) is 2.67. The number of halogens is 2. The highest BCUT2D eigenvalue weighted by Gasteiger charge is 2.14. The lowest BCUT2D eigenvalue weighted by molar-refractivity contribution is 0.563. The lowest BCUT2D eigenvalue weighted by Crippen LogP contribution is -2.03. The molecule has 0 unspecified atom stereocenters. The summed E-state index contributed by atoms with van der Waals surface area (Å²) < 4.78 is 19.5. The molecule has 2 aromatic heterocycles. The molecule has 5 nitrogen and oxygen atoms in total. The van der Waals surface area contributed by atoms with Crippen LogP contribution >= 0.6 is 27.3 Å². The lowest BCUT2D eigenvalue weighted by Gasteiger charge is -2.01. The van der Waals surface area contributed by atoms with Gasteiger partial charge in [0.1, 0.15) is 28.1 Å². The molecule has 0 atom stereocenters. The Hall–Kier alpha value is -3.28. The van der Waals surface area contributed by atoms with Gasteiger partial charge < -0.3 is 9.73 Å². The van der Waals surface area contributed by atoms with Crippen LogP contribution < -0.4 is 10.9 Å². The number of benzene rings is 2. The number of hydrogen-bond acceptors (Lipinski definition) is 6. The normalized spacial score (nSPS) is 11.4. The standard InChI is InChI=1S/C21H11BrFN3O2S/c22-14-4-5-19-12(6-14)7-17(21(27)28-19)18-11-29-20(26-18)13(9-24)10-25-16-3-1-2-15(23)8-16/h1-8,10-11,25H. The second-order valence-electron chi connectivity index (χ2n) is 5.99. The average Bonchev–Trinajstić information content (AvgIpc) is 3.18. The van der Waals surface area contributed by atoms with Crippen molar-refractivity contribution in [2.24, 2.45) is 0 Å². The molecule has 0 radical (unpaired) electrons. The number of aromatic nitrogens is 1. The van der Waals surface area contributed by atoms with Gasteiger partial charge in [-0.25, -0.2) is 14.2 Å². The molecule has 8 heteroatoms. The molecule has 142 valence electrons. The van der Waals surface area contributed by atoms with Crippen molar-refractivity contribution in [3.63, 3.8) is 0 Å². The molecule has 4 rings (SSSR count). The fraction of sp³-hybridized carbons (Fsp3) is 0. The van der Waals surface area contributed by atoms with Gasteiger partial charge in [-0.05, 0) is 42.5 Å². The number of allylic oxidation sites excluding steroid dienone is 1. The zero-order chi connectivity index (χ0) is 20.4. The molecular formula is C21H11BrFN3O2S. The van der Waals surface area contributed by atoms with Crippen molar-refractivity contribution in [1.29, 1.82) is 5.26 Å². The predicted molar refractivity (Wildman–Crippen MR) is 115 cm³/mol. The molecule has 29 heavy (non-hydrogen) atoms. The van der Waals surface area contributed by atoms with E-state index < -0.39 is 5.63 Å². The summed E-state index contributed by atoms with van der Waals surface area (Å²) in [4.78, 5) is 16.8. The Morgan fingerprint density at radius 3 is 2.93 bits per heavy atom.